The van der Waals surface area contributed by atoms with Gasteiger partial charge in [-0.25, -0.2) is 9.50 Å². The van der Waals surface area contributed by atoms with Crippen molar-refractivity contribution in [2.75, 3.05) is 0 Å². The molecule has 0 aliphatic rings. The molecule has 24 heavy (non-hydrogen) atoms. The fourth-order valence-electron chi connectivity index (χ4n) is 2.59. The van der Waals surface area contributed by atoms with E-state index in [1.807, 2.05) is 44.6 Å². The van der Waals surface area contributed by atoms with Gasteiger partial charge in [0, 0.05) is 30.5 Å². The molecule has 0 fully saturated rings. The van der Waals surface area contributed by atoms with Gasteiger partial charge in [0.15, 0.2) is 5.65 Å². The number of amides is 1. The molecular formula is C17H22N6O. The topological polar surface area (TPSA) is 77.1 Å². The van der Waals surface area contributed by atoms with Gasteiger partial charge in [0.25, 0.3) is 5.91 Å². The molecule has 7 nitrogen and oxygen atoms in total. The molecular weight excluding hydrogens is 304 g/mol. The van der Waals surface area contributed by atoms with Crippen LogP contribution in [0.3, 0.4) is 0 Å². The highest BCUT2D eigenvalue weighted by Crippen LogP contribution is 2.23. The van der Waals surface area contributed by atoms with Gasteiger partial charge in [-0.05, 0) is 33.3 Å². The number of nitrogens with one attached hydrogen (secondary N) is 1. The molecule has 126 valence electrons. The van der Waals surface area contributed by atoms with Gasteiger partial charge in [-0.2, -0.15) is 10.2 Å². The summed E-state index contributed by atoms with van der Waals surface area (Å²) in [6.07, 6.45) is 6.14. The average molecular weight is 326 g/mol. The molecule has 3 aromatic rings. The quantitative estimate of drug-likeness (QED) is 0.781. The van der Waals surface area contributed by atoms with Crippen LogP contribution < -0.4 is 5.32 Å². The zero-order valence-electron chi connectivity index (χ0n) is 14.4. The van der Waals surface area contributed by atoms with Crippen LogP contribution >= 0.6 is 0 Å². The van der Waals surface area contributed by atoms with E-state index in [1.165, 1.54) is 0 Å². The lowest BCUT2D eigenvalue weighted by Crippen LogP contribution is -2.31. The number of carbonyl (C=O) groups excluding carboxylic acids is 1. The minimum absolute atomic E-state index is 0.112. The van der Waals surface area contributed by atoms with E-state index in [-0.39, 0.29) is 11.9 Å². The molecule has 0 aliphatic heterocycles. The standard InChI is InChI=1S/C17H22N6O/c1-5-11(3)20-17(24)13-9-19-23-15(7-8-18-16(13)23)14-10-22(6-2)21-12(14)4/h7-11H,5-6H2,1-4H3,(H,20,24). The van der Waals surface area contributed by atoms with Gasteiger partial charge in [0.2, 0.25) is 0 Å². The van der Waals surface area contributed by atoms with Crippen molar-refractivity contribution in [3.05, 3.63) is 35.9 Å². The van der Waals surface area contributed by atoms with Gasteiger partial charge in [0.05, 0.1) is 17.6 Å². The number of aryl methyl sites for hydroxylation is 2. The smallest absolute Gasteiger partial charge is 0.256 e. The Kier molecular flexibility index (Phi) is 4.33. The molecule has 1 unspecified atom stereocenters. The number of aromatic nitrogens is 5. The Bertz CT molecular complexity index is 878. The molecule has 0 bridgehead atoms. The Morgan fingerprint density at radius 3 is 2.83 bits per heavy atom. The molecule has 3 rings (SSSR count). The summed E-state index contributed by atoms with van der Waals surface area (Å²) >= 11 is 0. The Balaban J connectivity index is 2.06. The first kappa shape index (κ1) is 16.2. The van der Waals surface area contributed by atoms with E-state index in [2.05, 4.69) is 20.5 Å². The molecule has 1 amide bonds. The van der Waals surface area contributed by atoms with E-state index in [0.29, 0.717) is 11.2 Å². The number of carbonyl (C=O) groups is 1. The number of nitrogens with zero attached hydrogens (tertiary/aromatic N) is 5. The van der Waals surface area contributed by atoms with Gasteiger partial charge in [-0.3, -0.25) is 9.48 Å². The third-order valence-electron chi connectivity index (χ3n) is 4.18. The van der Waals surface area contributed by atoms with Crippen LogP contribution in [0.15, 0.2) is 24.7 Å². The first-order valence-corrected chi connectivity index (χ1v) is 8.23. The van der Waals surface area contributed by atoms with Gasteiger partial charge < -0.3 is 5.32 Å². The number of fused-ring (bicyclic) bond motifs is 1. The van der Waals surface area contributed by atoms with Crippen molar-refractivity contribution in [2.45, 2.75) is 46.7 Å². The van der Waals surface area contributed by atoms with Crippen molar-refractivity contribution in [2.24, 2.45) is 0 Å². The summed E-state index contributed by atoms with van der Waals surface area (Å²) in [7, 11) is 0. The SMILES string of the molecule is CCC(C)NC(=O)c1cnn2c(-c3cn(CC)nc3C)ccnc12. The number of rotatable bonds is 5. The summed E-state index contributed by atoms with van der Waals surface area (Å²) in [6, 6.07) is 2.00. The molecule has 0 aliphatic carbocycles. The minimum atomic E-state index is -0.148. The van der Waals surface area contributed by atoms with Crippen molar-refractivity contribution in [3.8, 4) is 11.3 Å². The molecule has 0 aromatic carbocycles. The van der Waals surface area contributed by atoms with Crippen LogP contribution in [0.25, 0.3) is 16.9 Å². The second-order valence-corrected chi connectivity index (χ2v) is 5.89. The lowest BCUT2D eigenvalue weighted by Gasteiger charge is -2.10. The predicted molar refractivity (Wildman–Crippen MR) is 91.8 cm³/mol. The normalized spacial score (nSPS) is 12.5. The molecule has 1 atom stereocenters. The Morgan fingerprint density at radius 1 is 1.38 bits per heavy atom. The highest BCUT2D eigenvalue weighted by atomic mass is 16.1. The van der Waals surface area contributed by atoms with Gasteiger partial charge in [0.1, 0.15) is 5.56 Å². The van der Waals surface area contributed by atoms with Crippen molar-refractivity contribution in [1.29, 1.82) is 0 Å². The molecule has 0 spiro atoms. The van der Waals surface area contributed by atoms with Gasteiger partial charge >= 0.3 is 0 Å². The third-order valence-corrected chi connectivity index (χ3v) is 4.18. The van der Waals surface area contributed by atoms with Crippen molar-refractivity contribution in [3.63, 3.8) is 0 Å². The van der Waals surface area contributed by atoms with Crippen LogP contribution in [-0.2, 0) is 6.54 Å². The molecule has 7 heteroatoms. The summed E-state index contributed by atoms with van der Waals surface area (Å²) in [5.41, 5.74) is 3.82. The molecule has 3 aromatic heterocycles. The van der Waals surface area contributed by atoms with E-state index < -0.39 is 0 Å². The van der Waals surface area contributed by atoms with Crippen LogP contribution in [0.1, 0.15) is 43.2 Å². The Morgan fingerprint density at radius 2 is 2.17 bits per heavy atom. The highest BCUT2D eigenvalue weighted by molar-refractivity contribution is 6.00. The molecule has 0 saturated carbocycles. The highest BCUT2D eigenvalue weighted by Gasteiger charge is 2.18. The van der Waals surface area contributed by atoms with Crippen LogP contribution in [0.4, 0.5) is 0 Å². The van der Waals surface area contributed by atoms with E-state index in [4.69, 9.17) is 0 Å². The summed E-state index contributed by atoms with van der Waals surface area (Å²) in [6.45, 7) is 8.82. The van der Waals surface area contributed by atoms with Crippen molar-refractivity contribution >= 4 is 11.6 Å². The maximum absolute atomic E-state index is 12.4. The largest absolute Gasteiger partial charge is 0.349 e. The van der Waals surface area contributed by atoms with Crippen molar-refractivity contribution < 1.29 is 4.79 Å². The second kappa shape index (κ2) is 6.43. The van der Waals surface area contributed by atoms with Crippen LogP contribution in [-0.4, -0.2) is 36.3 Å². The Hall–Kier alpha value is -2.70. The van der Waals surface area contributed by atoms with Crippen molar-refractivity contribution in [1.82, 2.24) is 29.7 Å². The lowest BCUT2D eigenvalue weighted by molar-refractivity contribution is 0.0940. The zero-order chi connectivity index (χ0) is 17.3. The van der Waals surface area contributed by atoms with E-state index >= 15 is 0 Å². The van der Waals surface area contributed by atoms with E-state index in [9.17, 15) is 4.79 Å². The van der Waals surface area contributed by atoms with Crippen LogP contribution in [0.2, 0.25) is 0 Å². The Labute approximate surface area is 140 Å². The molecule has 1 N–H and O–H groups in total. The number of hydrogen-bond donors (Lipinski definition) is 1. The van der Waals surface area contributed by atoms with E-state index in [0.717, 1.165) is 29.9 Å². The summed E-state index contributed by atoms with van der Waals surface area (Å²) in [4.78, 5) is 16.8. The fraction of sp³-hybridized carbons (Fsp3) is 0.412. The number of hydrogen-bond acceptors (Lipinski definition) is 4. The molecule has 3 heterocycles. The third kappa shape index (κ3) is 2.77. The van der Waals surface area contributed by atoms with E-state index in [1.54, 1.807) is 16.9 Å². The van der Waals surface area contributed by atoms with Gasteiger partial charge in [-0.15, -0.1) is 0 Å². The second-order valence-electron chi connectivity index (χ2n) is 5.89. The van der Waals surface area contributed by atoms with Gasteiger partial charge in [-0.1, -0.05) is 6.92 Å². The summed E-state index contributed by atoms with van der Waals surface area (Å²) < 4.78 is 3.59. The minimum Gasteiger partial charge on any atom is -0.349 e. The molecule has 0 radical (unpaired) electrons. The lowest BCUT2D eigenvalue weighted by atomic mass is 10.2. The average Bonchev–Trinajstić information content (AvgIpc) is 3.17. The summed E-state index contributed by atoms with van der Waals surface area (Å²) in [5, 5.41) is 11.8. The first-order valence-electron chi connectivity index (χ1n) is 8.23. The zero-order valence-corrected chi connectivity index (χ0v) is 14.4. The monoisotopic (exact) mass is 326 g/mol. The molecule has 0 saturated heterocycles. The first-order chi connectivity index (χ1) is 11.5. The fourth-order valence-corrected chi connectivity index (χ4v) is 2.59. The summed E-state index contributed by atoms with van der Waals surface area (Å²) in [5.74, 6) is -0.148. The maximum atomic E-state index is 12.4. The van der Waals surface area contributed by atoms with Crippen LogP contribution in [0.5, 0.6) is 0 Å². The maximum Gasteiger partial charge on any atom is 0.256 e. The predicted octanol–water partition coefficient (Wildman–Crippen LogP) is 2.45. The van der Waals surface area contributed by atoms with Crippen LogP contribution in [0, 0.1) is 6.92 Å².